The minimum Gasteiger partial charge on any atom is -0.497 e. The van der Waals surface area contributed by atoms with E-state index in [0.717, 1.165) is 21.3 Å². The van der Waals surface area contributed by atoms with Gasteiger partial charge in [0.2, 0.25) is 17.6 Å². The standard InChI is InChI=1S/C22H20BrN5O3/c1-30-18-8-4-16(5-9-18)22-26-21(31-27-22)11-10-20(29)25-19-12-13-24-28(19)14-15-2-6-17(23)7-3-15/h2-9,12-13H,10-11,14H2,1H3,(H,25,29). The maximum Gasteiger partial charge on any atom is 0.227 e. The van der Waals surface area contributed by atoms with Crippen molar-refractivity contribution in [3.63, 3.8) is 0 Å². The van der Waals surface area contributed by atoms with Crippen LogP contribution in [0.15, 0.2) is 69.8 Å². The third kappa shape index (κ3) is 5.37. The Morgan fingerprint density at radius 3 is 2.65 bits per heavy atom. The Balaban J connectivity index is 1.32. The first kappa shape index (κ1) is 20.8. The zero-order valence-electron chi connectivity index (χ0n) is 16.8. The monoisotopic (exact) mass is 481 g/mol. The van der Waals surface area contributed by atoms with Crippen LogP contribution in [-0.2, 0) is 17.8 Å². The second-order valence-electron chi connectivity index (χ2n) is 6.79. The highest BCUT2D eigenvalue weighted by Crippen LogP contribution is 2.20. The molecule has 4 rings (SSSR count). The number of nitrogens with one attached hydrogen (secondary N) is 1. The van der Waals surface area contributed by atoms with E-state index in [1.807, 2.05) is 48.5 Å². The second kappa shape index (κ2) is 9.57. The Bertz CT molecular complexity index is 1150. The number of methoxy groups -OCH3 is 1. The molecule has 31 heavy (non-hydrogen) atoms. The maximum atomic E-state index is 12.4. The first-order chi connectivity index (χ1) is 15.1. The predicted octanol–water partition coefficient (Wildman–Crippen LogP) is 4.32. The first-order valence-corrected chi connectivity index (χ1v) is 10.4. The van der Waals surface area contributed by atoms with E-state index in [1.165, 1.54) is 0 Å². The molecule has 9 heteroatoms. The Hall–Kier alpha value is -3.46. The topological polar surface area (TPSA) is 95.1 Å². The summed E-state index contributed by atoms with van der Waals surface area (Å²) in [5.41, 5.74) is 1.90. The zero-order valence-corrected chi connectivity index (χ0v) is 18.4. The zero-order chi connectivity index (χ0) is 21.6. The van der Waals surface area contributed by atoms with Gasteiger partial charge < -0.3 is 14.6 Å². The number of nitrogens with zero attached hydrogens (tertiary/aromatic N) is 4. The lowest BCUT2D eigenvalue weighted by atomic mass is 10.2. The Morgan fingerprint density at radius 2 is 1.90 bits per heavy atom. The van der Waals surface area contributed by atoms with Gasteiger partial charge in [-0.1, -0.05) is 33.2 Å². The van der Waals surface area contributed by atoms with Gasteiger partial charge in [-0.05, 0) is 42.0 Å². The fraction of sp³-hybridized carbons (Fsp3) is 0.182. The van der Waals surface area contributed by atoms with E-state index < -0.39 is 0 Å². The van der Waals surface area contributed by atoms with E-state index in [0.29, 0.717) is 30.5 Å². The van der Waals surface area contributed by atoms with Crippen LogP contribution in [0.3, 0.4) is 0 Å². The molecule has 0 atom stereocenters. The van der Waals surface area contributed by atoms with Crippen molar-refractivity contribution in [2.75, 3.05) is 12.4 Å². The number of aromatic nitrogens is 4. The van der Waals surface area contributed by atoms with Crippen LogP contribution in [0.2, 0.25) is 0 Å². The lowest BCUT2D eigenvalue weighted by Crippen LogP contribution is -2.16. The number of carbonyl (C=O) groups is 1. The quantitative estimate of drug-likeness (QED) is 0.402. The Labute approximate surface area is 187 Å². The molecule has 2 aromatic heterocycles. The maximum absolute atomic E-state index is 12.4. The number of halogens is 1. The van der Waals surface area contributed by atoms with Crippen LogP contribution in [-0.4, -0.2) is 32.9 Å². The highest BCUT2D eigenvalue weighted by molar-refractivity contribution is 9.10. The summed E-state index contributed by atoms with van der Waals surface area (Å²) in [5, 5.41) is 11.2. The Kier molecular flexibility index (Phi) is 6.42. The minimum absolute atomic E-state index is 0.151. The second-order valence-corrected chi connectivity index (χ2v) is 7.70. The molecule has 0 fully saturated rings. The first-order valence-electron chi connectivity index (χ1n) is 9.64. The van der Waals surface area contributed by atoms with Gasteiger partial charge in [0.05, 0.1) is 19.9 Å². The summed E-state index contributed by atoms with van der Waals surface area (Å²) in [6, 6.07) is 17.1. The summed E-state index contributed by atoms with van der Waals surface area (Å²) in [4.78, 5) is 16.8. The lowest BCUT2D eigenvalue weighted by Gasteiger charge is -2.09. The van der Waals surface area contributed by atoms with Crippen LogP contribution in [0.1, 0.15) is 17.9 Å². The van der Waals surface area contributed by atoms with E-state index in [1.54, 1.807) is 24.1 Å². The highest BCUT2D eigenvalue weighted by atomic mass is 79.9. The van der Waals surface area contributed by atoms with Crippen molar-refractivity contribution < 1.29 is 14.1 Å². The van der Waals surface area contributed by atoms with Crippen LogP contribution < -0.4 is 10.1 Å². The van der Waals surface area contributed by atoms with Crippen LogP contribution in [0, 0.1) is 0 Å². The van der Waals surface area contributed by atoms with Crippen molar-refractivity contribution in [2.24, 2.45) is 0 Å². The van der Waals surface area contributed by atoms with Gasteiger partial charge in [-0.3, -0.25) is 4.79 Å². The molecular formula is C22H20BrN5O3. The lowest BCUT2D eigenvalue weighted by molar-refractivity contribution is -0.116. The summed E-state index contributed by atoms with van der Waals surface area (Å²) in [6.07, 6.45) is 2.22. The number of rotatable bonds is 8. The summed E-state index contributed by atoms with van der Waals surface area (Å²) in [5.74, 6) is 2.12. The van der Waals surface area contributed by atoms with Crippen molar-refractivity contribution in [3.8, 4) is 17.1 Å². The van der Waals surface area contributed by atoms with Gasteiger partial charge >= 0.3 is 0 Å². The molecule has 158 valence electrons. The molecular weight excluding hydrogens is 462 g/mol. The van der Waals surface area contributed by atoms with Gasteiger partial charge in [0.15, 0.2) is 0 Å². The van der Waals surface area contributed by atoms with E-state index in [4.69, 9.17) is 9.26 Å². The van der Waals surface area contributed by atoms with Crippen LogP contribution in [0.5, 0.6) is 5.75 Å². The van der Waals surface area contributed by atoms with Gasteiger partial charge in [-0.25, -0.2) is 4.68 Å². The van der Waals surface area contributed by atoms with Gasteiger partial charge in [0, 0.05) is 28.9 Å². The largest absolute Gasteiger partial charge is 0.497 e. The summed E-state index contributed by atoms with van der Waals surface area (Å²) in [6.45, 7) is 0.560. The number of anilines is 1. The van der Waals surface area contributed by atoms with Crippen LogP contribution >= 0.6 is 15.9 Å². The molecule has 0 saturated heterocycles. The summed E-state index contributed by atoms with van der Waals surface area (Å²) in [7, 11) is 1.61. The Morgan fingerprint density at radius 1 is 1.13 bits per heavy atom. The number of ether oxygens (including phenoxy) is 1. The van der Waals surface area contributed by atoms with Crippen LogP contribution in [0.4, 0.5) is 5.82 Å². The molecule has 0 saturated carbocycles. The number of hydrogen-bond acceptors (Lipinski definition) is 6. The molecule has 0 aliphatic heterocycles. The molecule has 8 nitrogen and oxygen atoms in total. The SMILES string of the molecule is COc1ccc(-c2noc(CCC(=O)Nc3ccnn3Cc3ccc(Br)cc3)n2)cc1. The van der Waals surface area contributed by atoms with Gasteiger partial charge in [-0.15, -0.1) is 0 Å². The van der Waals surface area contributed by atoms with Crippen molar-refractivity contribution >= 4 is 27.7 Å². The van der Waals surface area contributed by atoms with Crippen molar-refractivity contribution in [3.05, 3.63) is 76.7 Å². The molecule has 2 aromatic carbocycles. The number of hydrogen-bond donors (Lipinski definition) is 1. The third-order valence-corrected chi connectivity index (χ3v) is 5.14. The fourth-order valence-corrected chi connectivity index (χ4v) is 3.23. The molecule has 0 unspecified atom stereocenters. The molecule has 1 N–H and O–H groups in total. The van der Waals surface area contributed by atoms with E-state index >= 15 is 0 Å². The normalized spacial score (nSPS) is 10.8. The van der Waals surface area contributed by atoms with Gasteiger partial charge in [0.25, 0.3) is 0 Å². The van der Waals surface area contributed by atoms with E-state index in [-0.39, 0.29) is 12.3 Å². The summed E-state index contributed by atoms with van der Waals surface area (Å²) >= 11 is 3.43. The molecule has 0 spiro atoms. The molecule has 0 aliphatic carbocycles. The number of carbonyl (C=O) groups excluding carboxylic acids is 1. The summed E-state index contributed by atoms with van der Waals surface area (Å²) < 4.78 is 13.2. The van der Waals surface area contributed by atoms with Crippen molar-refractivity contribution in [1.82, 2.24) is 19.9 Å². The van der Waals surface area contributed by atoms with Gasteiger partial charge in [0.1, 0.15) is 11.6 Å². The van der Waals surface area contributed by atoms with Crippen molar-refractivity contribution in [1.29, 1.82) is 0 Å². The molecule has 0 radical (unpaired) electrons. The number of aryl methyl sites for hydroxylation is 1. The number of amides is 1. The van der Waals surface area contributed by atoms with Gasteiger partial charge in [-0.2, -0.15) is 10.1 Å². The molecule has 1 amide bonds. The van der Waals surface area contributed by atoms with E-state index in [2.05, 4.69) is 36.5 Å². The number of benzene rings is 2. The van der Waals surface area contributed by atoms with Crippen molar-refractivity contribution in [2.45, 2.75) is 19.4 Å². The highest BCUT2D eigenvalue weighted by Gasteiger charge is 2.13. The third-order valence-electron chi connectivity index (χ3n) is 4.61. The average molecular weight is 482 g/mol. The fourth-order valence-electron chi connectivity index (χ4n) is 2.97. The molecule has 0 bridgehead atoms. The molecule has 0 aliphatic rings. The minimum atomic E-state index is -0.151. The molecule has 2 heterocycles. The molecule has 4 aromatic rings. The van der Waals surface area contributed by atoms with E-state index in [9.17, 15) is 4.79 Å². The predicted molar refractivity (Wildman–Crippen MR) is 119 cm³/mol. The smallest absolute Gasteiger partial charge is 0.227 e. The van der Waals surface area contributed by atoms with Crippen LogP contribution in [0.25, 0.3) is 11.4 Å². The average Bonchev–Trinajstić information content (AvgIpc) is 3.44.